The fourth-order valence-electron chi connectivity index (χ4n) is 0.910. The van der Waals surface area contributed by atoms with Crippen molar-refractivity contribution in [2.45, 2.75) is 0 Å². The van der Waals surface area contributed by atoms with Crippen molar-refractivity contribution in [3.05, 3.63) is 36.7 Å². The number of rotatable bonds is 0. The molecule has 2 aromatic rings. The highest BCUT2D eigenvalue weighted by Gasteiger charge is 1.88. The van der Waals surface area contributed by atoms with Crippen molar-refractivity contribution in [3.63, 3.8) is 0 Å². The molecule has 0 radical (unpaired) electrons. The van der Waals surface area contributed by atoms with Crippen molar-refractivity contribution >= 4 is 35.8 Å². The molecule has 6 heteroatoms. The van der Waals surface area contributed by atoms with Crippen molar-refractivity contribution in [3.8, 4) is 0 Å². The molecule has 1 aromatic carbocycles. The molecule has 1 heterocycles. The molecule has 0 saturated heterocycles. The van der Waals surface area contributed by atoms with Gasteiger partial charge in [0, 0.05) is 12.4 Å². The van der Waals surface area contributed by atoms with E-state index in [0.29, 0.717) is 0 Å². The molecular weight excluding hydrogens is 227 g/mol. The van der Waals surface area contributed by atoms with E-state index in [0.717, 1.165) is 11.0 Å². The fraction of sp³-hybridized carbons (Fsp3) is 0. The van der Waals surface area contributed by atoms with Gasteiger partial charge in [-0.3, -0.25) is 9.97 Å². The summed E-state index contributed by atoms with van der Waals surface area (Å²) < 4.78 is 0. The average molecular weight is 239 g/mol. The summed E-state index contributed by atoms with van der Waals surface area (Å²) in [4.78, 5) is 8.24. The molecule has 0 fully saturated rings. The number of para-hydroxylation sites is 2. The zero-order chi connectivity index (χ0) is 6.81. The van der Waals surface area contributed by atoms with E-state index in [2.05, 4.69) is 9.97 Å². The lowest BCUT2D eigenvalue weighted by molar-refractivity contribution is 0.823. The van der Waals surface area contributed by atoms with Crippen LogP contribution >= 0.6 is 24.8 Å². The molecule has 4 N–H and O–H groups in total. The van der Waals surface area contributed by atoms with Gasteiger partial charge >= 0.3 is 0 Å². The predicted octanol–water partition coefficient (Wildman–Crippen LogP) is 0.824. The van der Waals surface area contributed by atoms with Crippen LogP contribution in [0.2, 0.25) is 0 Å². The molecule has 0 amide bonds. The van der Waals surface area contributed by atoms with Crippen LogP contribution in [0.1, 0.15) is 0 Å². The van der Waals surface area contributed by atoms with Gasteiger partial charge in [-0.15, -0.1) is 24.8 Å². The van der Waals surface area contributed by atoms with Gasteiger partial charge in [0.25, 0.3) is 0 Å². The summed E-state index contributed by atoms with van der Waals surface area (Å²) in [7, 11) is 0. The van der Waals surface area contributed by atoms with E-state index in [-0.39, 0.29) is 35.8 Å². The zero-order valence-electron chi connectivity index (χ0n) is 7.18. The van der Waals surface area contributed by atoms with Crippen molar-refractivity contribution < 1.29 is 11.0 Å². The number of fused-ring (bicyclic) bond motifs is 1. The van der Waals surface area contributed by atoms with Gasteiger partial charge in [0.2, 0.25) is 0 Å². The first kappa shape index (κ1) is 18.8. The van der Waals surface area contributed by atoms with Crippen LogP contribution in [0.4, 0.5) is 0 Å². The second-order valence-electron chi connectivity index (χ2n) is 2.05. The van der Waals surface area contributed by atoms with Gasteiger partial charge in [0.1, 0.15) is 0 Å². The van der Waals surface area contributed by atoms with Crippen molar-refractivity contribution in [1.82, 2.24) is 9.97 Å². The van der Waals surface area contributed by atoms with Crippen LogP contribution < -0.4 is 0 Å². The number of aromatic nitrogens is 2. The third-order valence-electron chi connectivity index (χ3n) is 1.38. The highest BCUT2D eigenvalue weighted by atomic mass is 35.5. The first-order valence-corrected chi connectivity index (χ1v) is 3.12. The average Bonchev–Trinajstić information content (AvgIpc) is 2.05. The Morgan fingerprint density at radius 3 is 1.43 bits per heavy atom. The highest BCUT2D eigenvalue weighted by molar-refractivity contribution is 5.85. The van der Waals surface area contributed by atoms with Gasteiger partial charge in [-0.1, -0.05) is 12.1 Å². The largest absolute Gasteiger partial charge is 0.412 e. The van der Waals surface area contributed by atoms with Gasteiger partial charge in [-0.05, 0) is 12.1 Å². The van der Waals surface area contributed by atoms with E-state index in [9.17, 15) is 0 Å². The van der Waals surface area contributed by atoms with Crippen LogP contribution in [0.25, 0.3) is 11.0 Å². The van der Waals surface area contributed by atoms with Gasteiger partial charge in [0.05, 0.1) is 11.0 Å². The lowest BCUT2D eigenvalue weighted by Gasteiger charge is -1.90. The van der Waals surface area contributed by atoms with E-state index in [1.807, 2.05) is 24.3 Å². The van der Waals surface area contributed by atoms with Crippen molar-refractivity contribution in [2.24, 2.45) is 0 Å². The molecule has 2 rings (SSSR count). The lowest BCUT2D eigenvalue weighted by Crippen LogP contribution is -1.78. The standard InChI is InChI=1S/C8H6N2.2ClH.2H2O/c1-2-4-8-7(3-1)9-5-6-10-8;;;;/h1-6H;2*1H;2*1H2. The zero-order valence-corrected chi connectivity index (χ0v) is 8.81. The molecule has 80 valence electrons. The monoisotopic (exact) mass is 238 g/mol. The van der Waals surface area contributed by atoms with Gasteiger partial charge in [-0.2, -0.15) is 0 Å². The molecule has 0 bridgehead atoms. The van der Waals surface area contributed by atoms with Crippen LogP contribution in [0.15, 0.2) is 36.7 Å². The number of hydrogen-bond acceptors (Lipinski definition) is 2. The molecular formula is C8H12Cl2N2O2. The maximum Gasteiger partial charge on any atom is 0.0886 e. The first-order chi connectivity index (χ1) is 4.97. The molecule has 0 aliphatic heterocycles. The maximum absolute atomic E-state index is 4.12. The minimum atomic E-state index is 0. The number of benzene rings is 1. The summed E-state index contributed by atoms with van der Waals surface area (Å²) in [6, 6.07) is 7.80. The van der Waals surface area contributed by atoms with Crippen LogP contribution in [0, 0.1) is 0 Å². The number of halogens is 2. The van der Waals surface area contributed by atoms with Crippen LogP contribution in [0.3, 0.4) is 0 Å². The summed E-state index contributed by atoms with van der Waals surface area (Å²) in [5.41, 5.74) is 1.90. The van der Waals surface area contributed by atoms with E-state index in [1.54, 1.807) is 12.4 Å². The normalized spacial score (nSPS) is 7.14. The fourth-order valence-corrected chi connectivity index (χ4v) is 0.910. The Labute approximate surface area is 93.8 Å². The Morgan fingerprint density at radius 2 is 1.07 bits per heavy atom. The minimum absolute atomic E-state index is 0. The number of nitrogens with zero attached hydrogens (tertiary/aromatic N) is 2. The maximum atomic E-state index is 4.12. The van der Waals surface area contributed by atoms with Gasteiger partial charge in [-0.25, -0.2) is 0 Å². The predicted molar refractivity (Wildman–Crippen MR) is 61.3 cm³/mol. The van der Waals surface area contributed by atoms with E-state index < -0.39 is 0 Å². The van der Waals surface area contributed by atoms with Gasteiger partial charge < -0.3 is 11.0 Å². The Morgan fingerprint density at radius 1 is 0.714 bits per heavy atom. The molecule has 0 unspecified atom stereocenters. The molecule has 4 nitrogen and oxygen atoms in total. The summed E-state index contributed by atoms with van der Waals surface area (Å²) in [6.07, 6.45) is 3.39. The third-order valence-corrected chi connectivity index (χ3v) is 1.38. The second-order valence-corrected chi connectivity index (χ2v) is 2.05. The molecule has 0 aliphatic carbocycles. The van der Waals surface area contributed by atoms with Crippen LogP contribution in [-0.4, -0.2) is 20.9 Å². The molecule has 0 atom stereocenters. The Hall–Kier alpha value is -0.940. The van der Waals surface area contributed by atoms with Crippen molar-refractivity contribution in [1.29, 1.82) is 0 Å². The molecule has 0 saturated carbocycles. The van der Waals surface area contributed by atoms with Crippen molar-refractivity contribution in [2.75, 3.05) is 0 Å². The Kier molecular flexibility index (Phi) is 11.6. The summed E-state index contributed by atoms with van der Waals surface area (Å²) in [5.74, 6) is 0. The quantitative estimate of drug-likeness (QED) is 0.681. The van der Waals surface area contributed by atoms with E-state index >= 15 is 0 Å². The van der Waals surface area contributed by atoms with Crippen LogP contribution in [-0.2, 0) is 0 Å². The second kappa shape index (κ2) is 8.65. The molecule has 0 aliphatic rings. The van der Waals surface area contributed by atoms with Crippen LogP contribution in [0.5, 0.6) is 0 Å². The molecule has 1 aromatic heterocycles. The minimum Gasteiger partial charge on any atom is -0.412 e. The summed E-state index contributed by atoms with van der Waals surface area (Å²) in [6.45, 7) is 0. The van der Waals surface area contributed by atoms with E-state index in [1.165, 1.54) is 0 Å². The Bertz CT molecular complexity index is 294. The third kappa shape index (κ3) is 3.85. The first-order valence-electron chi connectivity index (χ1n) is 3.12. The number of hydrogen-bond donors (Lipinski definition) is 0. The Balaban J connectivity index is -0.000000302. The topological polar surface area (TPSA) is 88.8 Å². The molecule has 0 spiro atoms. The lowest BCUT2D eigenvalue weighted by atomic mass is 10.3. The summed E-state index contributed by atoms with van der Waals surface area (Å²) >= 11 is 0. The molecule has 14 heavy (non-hydrogen) atoms. The smallest absolute Gasteiger partial charge is 0.0886 e. The highest BCUT2D eigenvalue weighted by Crippen LogP contribution is 2.04. The van der Waals surface area contributed by atoms with E-state index in [4.69, 9.17) is 0 Å². The van der Waals surface area contributed by atoms with Gasteiger partial charge in [0.15, 0.2) is 0 Å². The summed E-state index contributed by atoms with van der Waals surface area (Å²) in [5, 5.41) is 0. The SMILES string of the molecule is Cl.Cl.O.O.c1ccc2nccnc2c1.